The number of hydrogen-bond donors (Lipinski definition) is 1. The second-order valence-corrected chi connectivity index (χ2v) is 5.91. The van der Waals surface area contributed by atoms with Crippen molar-refractivity contribution in [2.75, 3.05) is 18.3 Å². The molecule has 4 nitrogen and oxygen atoms in total. The molecule has 0 aliphatic carbocycles. The molecule has 0 unspecified atom stereocenters. The number of thiophene rings is 1. The molecule has 0 aliphatic rings. The number of aryl methyl sites for hydroxylation is 1. The van der Waals surface area contributed by atoms with Gasteiger partial charge in [-0.15, -0.1) is 22.9 Å². The second kappa shape index (κ2) is 6.89. The number of amides is 1. The van der Waals surface area contributed by atoms with Gasteiger partial charge < -0.3 is 10.1 Å². The van der Waals surface area contributed by atoms with E-state index >= 15 is 0 Å². The van der Waals surface area contributed by atoms with E-state index in [4.69, 9.17) is 16.3 Å². The fourth-order valence-corrected chi connectivity index (χ4v) is 3.20. The highest BCUT2D eigenvalue weighted by Gasteiger charge is 2.24. The Hall–Kier alpha value is -1.92. The summed E-state index contributed by atoms with van der Waals surface area (Å²) >= 11 is 6.73. The second-order valence-electron chi connectivity index (χ2n) is 4.42. The maximum absolute atomic E-state index is 13.1. The third kappa shape index (κ3) is 3.28. The van der Waals surface area contributed by atoms with E-state index in [2.05, 4.69) is 5.32 Å². The quantitative estimate of drug-likeness (QED) is 0.679. The molecule has 2 aromatic rings. The predicted molar refractivity (Wildman–Crippen MR) is 85.1 cm³/mol. The lowest BCUT2D eigenvalue weighted by Gasteiger charge is -2.07. The van der Waals surface area contributed by atoms with Crippen LogP contribution in [0.1, 0.15) is 15.2 Å². The van der Waals surface area contributed by atoms with Crippen LogP contribution in [-0.2, 0) is 9.53 Å². The van der Waals surface area contributed by atoms with Crippen molar-refractivity contribution in [3.63, 3.8) is 0 Å². The lowest BCUT2D eigenvalue weighted by Crippen LogP contribution is -2.14. The summed E-state index contributed by atoms with van der Waals surface area (Å²) < 4.78 is 17.9. The molecule has 22 heavy (non-hydrogen) atoms. The summed E-state index contributed by atoms with van der Waals surface area (Å²) in [6.07, 6.45) is 0. The number of hydrogen-bond acceptors (Lipinski definition) is 4. The Balaban J connectivity index is 2.59. The highest BCUT2D eigenvalue weighted by atomic mass is 35.5. The summed E-state index contributed by atoms with van der Waals surface area (Å²) in [6, 6.07) is 5.77. The molecule has 0 bridgehead atoms. The summed E-state index contributed by atoms with van der Waals surface area (Å²) in [7, 11) is 1.26. The summed E-state index contributed by atoms with van der Waals surface area (Å²) in [6.45, 7) is 1.81. The van der Waals surface area contributed by atoms with Gasteiger partial charge >= 0.3 is 5.97 Å². The first kappa shape index (κ1) is 16.5. The minimum atomic E-state index is -0.575. The maximum atomic E-state index is 13.1. The first-order valence-electron chi connectivity index (χ1n) is 6.31. The Morgan fingerprint density at radius 3 is 2.50 bits per heavy atom. The van der Waals surface area contributed by atoms with Gasteiger partial charge in [0.1, 0.15) is 22.3 Å². The zero-order chi connectivity index (χ0) is 16.3. The van der Waals surface area contributed by atoms with Crippen LogP contribution >= 0.6 is 22.9 Å². The van der Waals surface area contributed by atoms with Crippen molar-refractivity contribution >= 4 is 39.8 Å². The molecule has 1 aromatic carbocycles. The van der Waals surface area contributed by atoms with E-state index in [1.54, 1.807) is 12.1 Å². The Bertz CT molecular complexity index is 712. The van der Waals surface area contributed by atoms with Gasteiger partial charge in [-0.3, -0.25) is 4.79 Å². The van der Waals surface area contributed by atoms with Crippen molar-refractivity contribution in [2.24, 2.45) is 0 Å². The minimum Gasteiger partial charge on any atom is -0.465 e. The maximum Gasteiger partial charge on any atom is 0.341 e. The lowest BCUT2D eigenvalue weighted by molar-refractivity contribution is -0.113. The topological polar surface area (TPSA) is 55.4 Å². The zero-order valence-electron chi connectivity index (χ0n) is 11.9. The normalized spacial score (nSPS) is 10.4. The van der Waals surface area contributed by atoms with Crippen LogP contribution in [-0.4, -0.2) is 24.9 Å². The molecular formula is C15H13ClFNO3S. The third-order valence-corrected chi connectivity index (χ3v) is 4.24. The molecule has 1 aromatic heterocycles. The van der Waals surface area contributed by atoms with Crippen LogP contribution in [0.4, 0.5) is 9.39 Å². The van der Waals surface area contributed by atoms with Gasteiger partial charge in [0.25, 0.3) is 0 Å². The average Bonchev–Trinajstić information content (AvgIpc) is 2.83. The van der Waals surface area contributed by atoms with Crippen LogP contribution in [0.2, 0.25) is 0 Å². The number of benzene rings is 1. The van der Waals surface area contributed by atoms with Crippen molar-refractivity contribution in [1.82, 2.24) is 0 Å². The molecule has 1 N–H and O–H groups in total. The molecule has 0 saturated heterocycles. The fraction of sp³-hybridized carbons (Fsp3) is 0.200. The Kier molecular flexibility index (Phi) is 5.15. The highest BCUT2D eigenvalue weighted by molar-refractivity contribution is 7.17. The molecule has 1 amide bonds. The molecule has 0 fully saturated rings. The number of halogens is 2. The number of rotatable bonds is 4. The van der Waals surface area contributed by atoms with Gasteiger partial charge in [0.2, 0.25) is 5.91 Å². The Morgan fingerprint density at radius 1 is 1.32 bits per heavy atom. The predicted octanol–water partition coefficient (Wildman–Crippen LogP) is 3.83. The summed E-state index contributed by atoms with van der Waals surface area (Å²) in [4.78, 5) is 24.4. The number of anilines is 1. The minimum absolute atomic E-state index is 0.219. The van der Waals surface area contributed by atoms with E-state index in [9.17, 15) is 14.0 Å². The largest absolute Gasteiger partial charge is 0.465 e. The van der Waals surface area contributed by atoms with E-state index in [1.807, 2.05) is 6.92 Å². The van der Waals surface area contributed by atoms with E-state index in [-0.39, 0.29) is 17.3 Å². The highest BCUT2D eigenvalue weighted by Crippen LogP contribution is 2.40. The first-order chi connectivity index (χ1) is 10.5. The van der Waals surface area contributed by atoms with Crippen molar-refractivity contribution in [2.45, 2.75) is 6.92 Å². The SMILES string of the molecule is COC(=O)c1c(NC(=O)CCl)sc(C)c1-c1ccc(F)cc1. The van der Waals surface area contributed by atoms with Crippen LogP contribution in [0.15, 0.2) is 24.3 Å². The number of alkyl halides is 1. The first-order valence-corrected chi connectivity index (χ1v) is 7.66. The summed E-state index contributed by atoms with van der Waals surface area (Å²) in [5.41, 5.74) is 1.53. The van der Waals surface area contributed by atoms with E-state index < -0.39 is 11.9 Å². The standard InChI is InChI=1S/C15H13ClFNO3S/c1-8-12(9-3-5-10(17)6-4-9)13(15(20)21-2)14(22-8)18-11(19)7-16/h3-6H,7H2,1-2H3,(H,18,19). The van der Waals surface area contributed by atoms with Gasteiger partial charge in [-0.1, -0.05) is 12.1 Å². The molecule has 1 heterocycles. The van der Waals surface area contributed by atoms with E-state index in [1.165, 1.54) is 30.6 Å². The number of methoxy groups -OCH3 is 1. The lowest BCUT2D eigenvalue weighted by atomic mass is 10.0. The van der Waals surface area contributed by atoms with Crippen LogP contribution < -0.4 is 5.32 Å². The molecule has 116 valence electrons. The number of ether oxygens (including phenoxy) is 1. The number of nitrogens with one attached hydrogen (secondary N) is 1. The van der Waals surface area contributed by atoms with Crippen molar-refractivity contribution in [3.8, 4) is 11.1 Å². The van der Waals surface area contributed by atoms with Crippen LogP contribution in [0.3, 0.4) is 0 Å². The van der Waals surface area contributed by atoms with Gasteiger partial charge in [-0.05, 0) is 24.6 Å². The monoisotopic (exact) mass is 341 g/mol. The fourth-order valence-electron chi connectivity index (χ4n) is 2.05. The average molecular weight is 342 g/mol. The Labute approximate surface area is 135 Å². The molecular weight excluding hydrogens is 329 g/mol. The smallest absolute Gasteiger partial charge is 0.341 e. The van der Waals surface area contributed by atoms with Gasteiger partial charge in [0.15, 0.2) is 0 Å². The number of carbonyl (C=O) groups excluding carboxylic acids is 2. The van der Waals surface area contributed by atoms with Crippen molar-refractivity contribution < 1.29 is 18.7 Å². The van der Waals surface area contributed by atoms with Gasteiger partial charge in [0, 0.05) is 10.4 Å². The molecule has 0 radical (unpaired) electrons. The molecule has 0 saturated carbocycles. The van der Waals surface area contributed by atoms with Gasteiger partial charge in [-0.25, -0.2) is 9.18 Å². The number of esters is 1. The summed E-state index contributed by atoms with van der Waals surface area (Å²) in [5.74, 6) is -1.58. The van der Waals surface area contributed by atoms with Crippen LogP contribution in [0, 0.1) is 12.7 Å². The third-order valence-electron chi connectivity index (χ3n) is 2.98. The Morgan fingerprint density at radius 2 is 1.95 bits per heavy atom. The van der Waals surface area contributed by atoms with Crippen molar-refractivity contribution in [1.29, 1.82) is 0 Å². The van der Waals surface area contributed by atoms with Crippen LogP contribution in [0.5, 0.6) is 0 Å². The zero-order valence-corrected chi connectivity index (χ0v) is 13.5. The van der Waals surface area contributed by atoms with Gasteiger partial charge in [0.05, 0.1) is 7.11 Å². The van der Waals surface area contributed by atoms with Crippen molar-refractivity contribution in [3.05, 3.63) is 40.5 Å². The van der Waals surface area contributed by atoms with Gasteiger partial charge in [-0.2, -0.15) is 0 Å². The molecule has 0 aliphatic heterocycles. The molecule has 2 rings (SSSR count). The van der Waals surface area contributed by atoms with Crippen LogP contribution in [0.25, 0.3) is 11.1 Å². The number of carbonyl (C=O) groups is 2. The van der Waals surface area contributed by atoms with E-state index in [0.29, 0.717) is 16.1 Å². The summed E-state index contributed by atoms with van der Waals surface area (Å²) in [5, 5.41) is 2.96. The molecule has 7 heteroatoms. The molecule has 0 spiro atoms. The van der Waals surface area contributed by atoms with E-state index in [0.717, 1.165) is 4.88 Å². The molecule has 0 atom stereocenters.